The summed E-state index contributed by atoms with van der Waals surface area (Å²) in [5.74, 6) is 0. The maximum atomic E-state index is 6.79. The van der Waals surface area contributed by atoms with Crippen molar-refractivity contribution < 1.29 is 0 Å². The molecule has 0 bridgehead atoms. The van der Waals surface area contributed by atoms with Crippen LogP contribution in [-0.2, 0) is 0 Å². The highest BCUT2D eigenvalue weighted by Gasteiger charge is 2.21. The van der Waals surface area contributed by atoms with Crippen molar-refractivity contribution in [2.75, 3.05) is 0 Å². The Bertz CT molecular complexity index is 1810. The van der Waals surface area contributed by atoms with Gasteiger partial charge in [0.1, 0.15) is 0 Å². The van der Waals surface area contributed by atoms with E-state index in [-0.39, 0.29) is 0 Å². The molecule has 0 unspecified atom stereocenters. The summed E-state index contributed by atoms with van der Waals surface area (Å²) in [4.78, 5) is 0. The van der Waals surface area contributed by atoms with E-state index in [0.29, 0.717) is 0 Å². The van der Waals surface area contributed by atoms with Crippen molar-refractivity contribution in [1.29, 1.82) is 0 Å². The Morgan fingerprint density at radius 2 is 1.03 bits per heavy atom. The standard InChI is InChI=1S/C30H19ClN2/c31-24-15-9-17-26-28(24)23-18-19-27-29(30(23)33(26)21-12-5-2-6-13-21)22-14-7-8-16-25(22)32(27)20-10-3-1-4-11-20/h1-19H. The second-order valence-electron chi connectivity index (χ2n) is 8.35. The third-order valence-electron chi connectivity index (χ3n) is 6.57. The fourth-order valence-electron chi connectivity index (χ4n) is 5.26. The third kappa shape index (κ3) is 2.56. The van der Waals surface area contributed by atoms with E-state index in [4.69, 9.17) is 11.6 Å². The summed E-state index contributed by atoms with van der Waals surface area (Å²) < 4.78 is 4.72. The van der Waals surface area contributed by atoms with Crippen molar-refractivity contribution in [1.82, 2.24) is 9.13 Å². The van der Waals surface area contributed by atoms with Crippen molar-refractivity contribution >= 4 is 55.2 Å². The average molecular weight is 443 g/mol. The molecule has 7 aromatic rings. The molecule has 7 rings (SSSR count). The fraction of sp³-hybridized carbons (Fsp3) is 0. The largest absolute Gasteiger partial charge is 0.309 e. The minimum absolute atomic E-state index is 0.776. The summed E-state index contributed by atoms with van der Waals surface area (Å²) in [6.45, 7) is 0. The second kappa shape index (κ2) is 6.99. The first-order chi connectivity index (χ1) is 16.3. The summed E-state index contributed by atoms with van der Waals surface area (Å²) in [6.07, 6.45) is 0. The van der Waals surface area contributed by atoms with Gasteiger partial charge in [0.25, 0.3) is 0 Å². The summed E-state index contributed by atoms with van der Waals surface area (Å²) >= 11 is 6.79. The summed E-state index contributed by atoms with van der Waals surface area (Å²) in [6, 6.07) is 40.4. The predicted octanol–water partition coefficient (Wildman–Crippen LogP) is 8.53. The zero-order valence-corrected chi connectivity index (χ0v) is 18.5. The number of rotatable bonds is 2. The lowest BCUT2D eigenvalue weighted by Crippen LogP contribution is -1.95. The smallest absolute Gasteiger partial charge is 0.0641 e. The van der Waals surface area contributed by atoms with Gasteiger partial charge in [0.05, 0.1) is 27.1 Å². The topological polar surface area (TPSA) is 9.86 Å². The Labute approximate surface area is 195 Å². The number of nitrogens with zero attached hydrogens (tertiary/aromatic N) is 2. The van der Waals surface area contributed by atoms with Crippen LogP contribution in [0.3, 0.4) is 0 Å². The number of hydrogen-bond acceptors (Lipinski definition) is 0. The van der Waals surface area contributed by atoms with Crippen LogP contribution < -0.4 is 0 Å². The van der Waals surface area contributed by atoms with Crippen LogP contribution in [-0.4, -0.2) is 9.13 Å². The third-order valence-corrected chi connectivity index (χ3v) is 6.88. The zero-order valence-electron chi connectivity index (χ0n) is 17.7. The van der Waals surface area contributed by atoms with Crippen LogP contribution in [0.4, 0.5) is 0 Å². The monoisotopic (exact) mass is 442 g/mol. The van der Waals surface area contributed by atoms with E-state index in [1.165, 1.54) is 32.7 Å². The second-order valence-corrected chi connectivity index (χ2v) is 8.76. The fourth-order valence-corrected chi connectivity index (χ4v) is 5.53. The average Bonchev–Trinajstić information content (AvgIpc) is 3.38. The predicted molar refractivity (Wildman–Crippen MR) is 140 cm³/mol. The van der Waals surface area contributed by atoms with Gasteiger partial charge in [-0.05, 0) is 48.5 Å². The highest BCUT2D eigenvalue weighted by Crippen LogP contribution is 2.43. The molecule has 2 aromatic heterocycles. The highest BCUT2D eigenvalue weighted by atomic mass is 35.5. The Kier molecular flexibility index (Phi) is 3.93. The molecule has 33 heavy (non-hydrogen) atoms. The number of halogens is 1. The molecular formula is C30H19ClN2. The van der Waals surface area contributed by atoms with Crippen LogP contribution in [0.2, 0.25) is 5.02 Å². The van der Waals surface area contributed by atoms with Gasteiger partial charge in [0.2, 0.25) is 0 Å². The van der Waals surface area contributed by atoms with E-state index in [1.807, 2.05) is 12.1 Å². The van der Waals surface area contributed by atoms with Gasteiger partial charge in [-0.3, -0.25) is 0 Å². The van der Waals surface area contributed by atoms with Crippen molar-refractivity contribution in [2.24, 2.45) is 0 Å². The van der Waals surface area contributed by atoms with E-state index in [0.717, 1.165) is 27.3 Å². The maximum Gasteiger partial charge on any atom is 0.0641 e. The lowest BCUT2D eigenvalue weighted by atomic mass is 10.1. The van der Waals surface area contributed by atoms with Gasteiger partial charge in [-0.2, -0.15) is 0 Å². The van der Waals surface area contributed by atoms with E-state index in [1.54, 1.807) is 0 Å². The molecule has 0 aliphatic heterocycles. The molecule has 0 saturated heterocycles. The molecule has 0 N–H and O–H groups in total. The van der Waals surface area contributed by atoms with Crippen LogP contribution in [0, 0.1) is 0 Å². The van der Waals surface area contributed by atoms with E-state index >= 15 is 0 Å². The first-order valence-corrected chi connectivity index (χ1v) is 11.5. The minimum Gasteiger partial charge on any atom is -0.309 e. The summed E-state index contributed by atoms with van der Waals surface area (Å²) in [5.41, 5.74) is 6.97. The molecule has 2 heterocycles. The number of benzene rings is 5. The zero-order chi connectivity index (χ0) is 21.9. The Morgan fingerprint density at radius 1 is 0.424 bits per heavy atom. The van der Waals surface area contributed by atoms with Crippen LogP contribution >= 0.6 is 11.6 Å². The van der Waals surface area contributed by atoms with Crippen LogP contribution in [0.25, 0.3) is 55.0 Å². The van der Waals surface area contributed by atoms with Crippen molar-refractivity contribution in [3.8, 4) is 11.4 Å². The Hall–Kier alpha value is -4.01. The number of hydrogen-bond donors (Lipinski definition) is 0. The molecule has 0 atom stereocenters. The Morgan fingerprint density at radius 3 is 1.79 bits per heavy atom. The van der Waals surface area contributed by atoms with Crippen LogP contribution in [0.15, 0.2) is 115 Å². The van der Waals surface area contributed by atoms with Crippen LogP contribution in [0.5, 0.6) is 0 Å². The molecule has 0 aliphatic carbocycles. The summed E-state index contributed by atoms with van der Waals surface area (Å²) in [7, 11) is 0. The quantitative estimate of drug-likeness (QED) is 0.254. The first kappa shape index (κ1) is 18.6. The molecule has 3 heteroatoms. The summed E-state index contributed by atoms with van der Waals surface area (Å²) in [5, 5.41) is 5.51. The van der Waals surface area contributed by atoms with E-state index < -0.39 is 0 Å². The number of para-hydroxylation sites is 3. The van der Waals surface area contributed by atoms with Crippen molar-refractivity contribution in [3.05, 3.63) is 120 Å². The van der Waals surface area contributed by atoms with Crippen LogP contribution in [0.1, 0.15) is 0 Å². The van der Waals surface area contributed by atoms with Crippen molar-refractivity contribution in [2.45, 2.75) is 0 Å². The van der Waals surface area contributed by atoms with Crippen molar-refractivity contribution in [3.63, 3.8) is 0 Å². The number of aromatic nitrogens is 2. The first-order valence-electron chi connectivity index (χ1n) is 11.1. The molecule has 156 valence electrons. The van der Waals surface area contributed by atoms with Gasteiger partial charge in [0.15, 0.2) is 0 Å². The molecule has 0 amide bonds. The van der Waals surface area contributed by atoms with Gasteiger partial charge < -0.3 is 9.13 Å². The molecule has 0 aliphatic rings. The molecule has 0 fully saturated rings. The molecule has 0 spiro atoms. The lowest BCUT2D eigenvalue weighted by molar-refractivity contribution is 1.17. The normalized spacial score (nSPS) is 11.8. The van der Waals surface area contributed by atoms with Gasteiger partial charge in [-0.1, -0.05) is 78.3 Å². The van der Waals surface area contributed by atoms with Gasteiger partial charge in [0, 0.05) is 32.9 Å². The highest BCUT2D eigenvalue weighted by molar-refractivity contribution is 6.39. The SMILES string of the molecule is Clc1cccc2c1c1ccc3c(c4ccccc4n3-c3ccccc3)c1n2-c1ccccc1. The maximum absolute atomic E-state index is 6.79. The number of fused-ring (bicyclic) bond motifs is 7. The molecule has 0 radical (unpaired) electrons. The van der Waals surface area contributed by atoms with Gasteiger partial charge in [-0.25, -0.2) is 0 Å². The lowest BCUT2D eigenvalue weighted by Gasteiger charge is -2.10. The molecule has 5 aromatic carbocycles. The van der Waals surface area contributed by atoms with E-state index in [9.17, 15) is 0 Å². The minimum atomic E-state index is 0.776. The van der Waals surface area contributed by atoms with Gasteiger partial charge >= 0.3 is 0 Å². The molecule has 0 saturated carbocycles. The Balaban J connectivity index is 1.79. The molecular weight excluding hydrogens is 424 g/mol. The van der Waals surface area contributed by atoms with E-state index in [2.05, 4.69) is 112 Å². The molecule has 2 nitrogen and oxygen atoms in total. The van der Waals surface area contributed by atoms with Gasteiger partial charge in [-0.15, -0.1) is 0 Å².